The number of rotatable bonds is 3. The van der Waals surface area contributed by atoms with Gasteiger partial charge in [0.15, 0.2) is 5.60 Å². The Morgan fingerprint density at radius 2 is 2.04 bits per heavy atom. The van der Waals surface area contributed by atoms with Crippen molar-refractivity contribution in [3.8, 4) is 11.4 Å². The molecule has 3 aromatic rings. The van der Waals surface area contributed by atoms with Crippen molar-refractivity contribution in [3.63, 3.8) is 0 Å². The Labute approximate surface area is 161 Å². The molecule has 2 aromatic heterocycles. The molecule has 6 nitrogen and oxygen atoms in total. The van der Waals surface area contributed by atoms with Gasteiger partial charge in [-0.1, -0.05) is 25.1 Å². The number of cyclic esters (lactones) is 1. The first-order valence-electron chi connectivity index (χ1n) is 9.56. The van der Waals surface area contributed by atoms with Gasteiger partial charge in [0.1, 0.15) is 6.61 Å². The molecule has 0 aliphatic carbocycles. The largest absolute Gasteiger partial charge is 0.458 e. The third kappa shape index (κ3) is 2.15. The molecule has 0 saturated carbocycles. The maximum absolute atomic E-state index is 13.3. The summed E-state index contributed by atoms with van der Waals surface area (Å²) in [5, 5.41) is 1.04. The van der Waals surface area contributed by atoms with Crippen LogP contribution in [0.2, 0.25) is 0 Å². The van der Waals surface area contributed by atoms with Crippen molar-refractivity contribution in [2.45, 2.75) is 39.0 Å². The average molecular weight is 376 g/mol. The lowest BCUT2D eigenvalue weighted by Crippen LogP contribution is -2.46. The van der Waals surface area contributed by atoms with Gasteiger partial charge in [0, 0.05) is 23.1 Å². The number of carbonyl (C=O) groups is 1. The molecule has 6 heteroatoms. The summed E-state index contributed by atoms with van der Waals surface area (Å²) in [5.74, 6) is -0.432. The van der Waals surface area contributed by atoms with E-state index < -0.39 is 11.6 Å². The van der Waals surface area contributed by atoms with E-state index in [1.807, 2.05) is 44.2 Å². The number of esters is 1. The standard InChI is InChI=1S/C22H20N2O4/c1-3-22(28-4-2)16-10-18-19-14(9-13-7-5-6-8-17(13)23-19)11-24(18)20(25)15(16)12-27-21(22)26/h5-10H,3-4,11-12H2,1-2H3/t22-/m0/s1. The molecule has 0 unspecified atom stereocenters. The third-order valence-electron chi connectivity index (χ3n) is 5.78. The van der Waals surface area contributed by atoms with Gasteiger partial charge in [-0.2, -0.15) is 0 Å². The van der Waals surface area contributed by atoms with Crippen molar-refractivity contribution in [2.24, 2.45) is 0 Å². The maximum atomic E-state index is 13.3. The van der Waals surface area contributed by atoms with E-state index in [0.29, 0.717) is 30.7 Å². The molecule has 0 amide bonds. The molecule has 4 heterocycles. The van der Waals surface area contributed by atoms with Crippen molar-refractivity contribution in [2.75, 3.05) is 6.61 Å². The molecule has 28 heavy (non-hydrogen) atoms. The van der Waals surface area contributed by atoms with Crippen LogP contribution in [0.3, 0.4) is 0 Å². The Morgan fingerprint density at radius 3 is 2.82 bits per heavy atom. The predicted octanol–water partition coefficient (Wildman–Crippen LogP) is 3.12. The second-order valence-corrected chi connectivity index (χ2v) is 7.19. The van der Waals surface area contributed by atoms with E-state index in [2.05, 4.69) is 6.07 Å². The minimum absolute atomic E-state index is 0.0200. The molecule has 2 aliphatic heterocycles. The van der Waals surface area contributed by atoms with Crippen LogP contribution >= 0.6 is 0 Å². The molecule has 2 aliphatic rings. The van der Waals surface area contributed by atoms with Gasteiger partial charge in [-0.25, -0.2) is 9.78 Å². The molecular formula is C22H20N2O4. The lowest BCUT2D eigenvalue weighted by atomic mass is 9.85. The lowest BCUT2D eigenvalue weighted by Gasteiger charge is -2.35. The smallest absolute Gasteiger partial charge is 0.343 e. The maximum Gasteiger partial charge on any atom is 0.343 e. The van der Waals surface area contributed by atoms with Crippen LogP contribution in [0.4, 0.5) is 0 Å². The van der Waals surface area contributed by atoms with Crippen molar-refractivity contribution < 1.29 is 14.3 Å². The first-order chi connectivity index (χ1) is 13.6. The van der Waals surface area contributed by atoms with Crippen LogP contribution < -0.4 is 5.56 Å². The van der Waals surface area contributed by atoms with E-state index >= 15 is 0 Å². The molecule has 142 valence electrons. The fraction of sp³-hybridized carbons (Fsp3) is 0.318. The molecule has 0 N–H and O–H groups in total. The molecule has 0 radical (unpaired) electrons. The van der Waals surface area contributed by atoms with Crippen LogP contribution in [0.25, 0.3) is 22.3 Å². The molecule has 0 fully saturated rings. The topological polar surface area (TPSA) is 70.4 Å². The highest BCUT2D eigenvalue weighted by Crippen LogP contribution is 2.40. The summed E-state index contributed by atoms with van der Waals surface area (Å²) in [6.45, 7) is 4.50. The zero-order valence-electron chi connectivity index (χ0n) is 15.8. The zero-order valence-corrected chi connectivity index (χ0v) is 15.8. The summed E-state index contributed by atoms with van der Waals surface area (Å²) < 4.78 is 13.0. The third-order valence-corrected chi connectivity index (χ3v) is 5.78. The summed E-state index contributed by atoms with van der Waals surface area (Å²) in [6.07, 6.45) is 0.396. The number of aromatic nitrogens is 2. The first-order valence-corrected chi connectivity index (χ1v) is 9.56. The number of para-hydroxylation sites is 1. The highest BCUT2D eigenvalue weighted by molar-refractivity contribution is 5.86. The number of ether oxygens (including phenoxy) is 2. The second kappa shape index (κ2) is 6.01. The van der Waals surface area contributed by atoms with Crippen LogP contribution in [0, 0.1) is 0 Å². The van der Waals surface area contributed by atoms with Gasteiger partial charge in [-0.05, 0) is 31.5 Å². The number of hydrogen-bond donors (Lipinski definition) is 0. The van der Waals surface area contributed by atoms with Crippen LogP contribution in [0.1, 0.15) is 37.0 Å². The van der Waals surface area contributed by atoms with Gasteiger partial charge in [0.2, 0.25) is 0 Å². The van der Waals surface area contributed by atoms with Crippen LogP contribution in [0.5, 0.6) is 0 Å². The Bertz CT molecular complexity index is 1200. The minimum atomic E-state index is -1.24. The van der Waals surface area contributed by atoms with Gasteiger partial charge in [0.05, 0.1) is 29.0 Å². The quantitative estimate of drug-likeness (QED) is 0.514. The second-order valence-electron chi connectivity index (χ2n) is 7.19. The first kappa shape index (κ1) is 17.1. The van der Waals surface area contributed by atoms with Crippen LogP contribution in [-0.2, 0) is 33.0 Å². The predicted molar refractivity (Wildman–Crippen MR) is 104 cm³/mol. The van der Waals surface area contributed by atoms with E-state index in [1.54, 1.807) is 4.57 Å². The van der Waals surface area contributed by atoms with E-state index in [9.17, 15) is 9.59 Å². The number of hydrogen-bond acceptors (Lipinski definition) is 5. The average Bonchev–Trinajstić information content (AvgIpc) is 3.06. The Balaban J connectivity index is 1.79. The molecule has 1 atom stereocenters. The molecule has 1 aromatic carbocycles. The summed E-state index contributed by atoms with van der Waals surface area (Å²) in [4.78, 5) is 30.7. The summed E-state index contributed by atoms with van der Waals surface area (Å²) in [7, 11) is 0. The van der Waals surface area contributed by atoms with Gasteiger partial charge < -0.3 is 14.0 Å². The Hall–Kier alpha value is -2.99. The minimum Gasteiger partial charge on any atom is -0.458 e. The molecule has 0 bridgehead atoms. The fourth-order valence-corrected chi connectivity index (χ4v) is 4.40. The highest BCUT2D eigenvalue weighted by atomic mass is 16.6. The molecular weight excluding hydrogens is 356 g/mol. The highest BCUT2D eigenvalue weighted by Gasteiger charge is 2.47. The van der Waals surface area contributed by atoms with E-state index in [0.717, 1.165) is 27.9 Å². The molecule has 0 spiro atoms. The van der Waals surface area contributed by atoms with E-state index in [4.69, 9.17) is 14.5 Å². The molecule has 0 saturated heterocycles. The fourth-order valence-electron chi connectivity index (χ4n) is 4.40. The Kier molecular flexibility index (Phi) is 3.67. The van der Waals surface area contributed by atoms with Gasteiger partial charge in [-0.15, -0.1) is 0 Å². The SMILES string of the molecule is CCO[C@]1(CC)C(=O)OCc2c1cc1n(c2=O)Cc2cc3ccccc3nc2-1. The van der Waals surface area contributed by atoms with Gasteiger partial charge in [0.25, 0.3) is 5.56 Å². The van der Waals surface area contributed by atoms with Gasteiger partial charge in [-0.3, -0.25) is 4.79 Å². The zero-order chi connectivity index (χ0) is 19.5. The number of benzene rings is 1. The number of carbonyl (C=O) groups excluding carboxylic acids is 1. The van der Waals surface area contributed by atoms with E-state index in [1.165, 1.54) is 0 Å². The summed E-state index contributed by atoms with van der Waals surface area (Å²) in [6, 6.07) is 11.9. The van der Waals surface area contributed by atoms with Crippen LogP contribution in [-0.4, -0.2) is 22.1 Å². The van der Waals surface area contributed by atoms with Crippen molar-refractivity contribution in [1.29, 1.82) is 0 Å². The van der Waals surface area contributed by atoms with Crippen molar-refractivity contribution in [1.82, 2.24) is 9.55 Å². The summed E-state index contributed by atoms with van der Waals surface area (Å²) >= 11 is 0. The normalized spacial score (nSPS) is 19.9. The summed E-state index contributed by atoms with van der Waals surface area (Å²) in [5.41, 5.74) is 3.14. The van der Waals surface area contributed by atoms with E-state index in [-0.39, 0.29) is 12.2 Å². The van der Waals surface area contributed by atoms with Crippen molar-refractivity contribution in [3.05, 3.63) is 63.4 Å². The number of pyridine rings is 2. The number of nitrogens with zero attached hydrogens (tertiary/aromatic N) is 2. The molecule has 5 rings (SSSR count). The number of fused-ring (bicyclic) bond motifs is 5. The van der Waals surface area contributed by atoms with Crippen LogP contribution in [0.15, 0.2) is 41.2 Å². The van der Waals surface area contributed by atoms with Crippen molar-refractivity contribution >= 4 is 16.9 Å². The monoisotopic (exact) mass is 376 g/mol. The lowest BCUT2D eigenvalue weighted by molar-refractivity contribution is -0.180. The van der Waals surface area contributed by atoms with Gasteiger partial charge >= 0.3 is 5.97 Å². The Morgan fingerprint density at radius 1 is 1.21 bits per heavy atom.